The zero-order valence-corrected chi connectivity index (χ0v) is 9.05. The number of rotatable bonds is 4. The van der Waals surface area contributed by atoms with E-state index in [1.54, 1.807) is 0 Å². The molecule has 0 spiro atoms. The lowest BCUT2D eigenvalue weighted by molar-refractivity contribution is -0.384. The molecule has 0 fully saturated rings. The van der Waals surface area contributed by atoms with Crippen LogP contribution >= 0.6 is 11.6 Å². The van der Waals surface area contributed by atoms with E-state index in [-0.39, 0.29) is 10.8 Å². The fraction of sp³-hybridized carbons (Fsp3) is 0.375. The molecule has 1 aromatic rings. The van der Waals surface area contributed by atoms with Gasteiger partial charge in [0.2, 0.25) is 5.82 Å². The van der Waals surface area contributed by atoms with Crippen molar-refractivity contribution in [3.63, 3.8) is 0 Å². The number of nitrogens with one attached hydrogen (secondary N) is 1. The number of pyridine rings is 1. The van der Waals surface area contributed by atoms with Gasteiger partial charge in [-0.25, -0.2) is 4.98 Å². The van der Waals surface area contributed by atoms with Crippen LogP contribution in [0, 0.1) is 10.1 Å². The fourth-order valence-corrected chi connectivity index (χ4v) is 1.18. The highest BCUT2D eigenvalue weighted by Crippen LogP contribution is 2.26. The Bertz CT molecular complexity index is 425. The molecule has 0 unspecified atom stereocenters. The highest BCUT2D eigenvalue weighted by atomic mass is 35.5. The van der Waals surface area contributed by atoms with Crippen LogP contribution in [0.15, 0.2) is 12.3 Å². The predicted molar refractivity (Wildman–Crippen MR) is 55.1 cm³/mol. The average molecular weight is 270 g/mol. The molecule has 0 radical (unpaired) electrons. The van der Waals surface area contributed by atoms with E-state index in [0.717, 1.165) is 12.3 Å². The molecule has 0 aliphatic carbocycles. The van der Waals surface area contributed by atoms with Crippen molar-refractivity contribution in [2.45, 2.75) is 12.6 Å². The van der Waals surface area contributed by atoms with Gasteiger partial charge < -0.3 is 5.32 Å². The summed E-state index contributed by atoms with van der Waals surface area (Å²) in [5.74, 6) is -0.233. The lowest BCUT2D eigenvalue weighted by Gasteiger charge is -2.08. The van der Waals surface area contributed by atoms with Crippen LogP contribution in [0.3, 0.4) is 0 Å². The molecule has 17 heavy (non-hydrogen) atoms. The van der Waals surface area contributed by atoms with Crippen LogP contribution in [0.25, 0.3) is 0 Å². The van der Waals surface area contributed by atoms with E-state index in [4.69, 9.17) is 11.6 Å². The van der Waals surface area contributed by atoms with Crippen molar-refractivity contribution >= 4 is 23.1 Å². The summed E-state index contributed by atoms with van der Waals surface area (Å²) in [5.41, 5.74) is -0.459. The van der Waals surface area contributed by atoms with Crippen molar-refractivity contribution in [3.8, 4) is 0 Å². The Kier molecular flexibility index (Phi) is 4.11. The van der Waals surface area contributed by atoms with Crippen molar-refractivity contribution in [2.75, 3.05) is 11.9 Å². The minimum absolute atomic E-state index is 0.0399. The summed E-state index contributed by atoms with van der Waals surface area (Å²) in [4.78, 5) is 13.4. The molecule has 0 bridgehead atoms. The Balaban J connectivity index is 2.74. The lowest BCUT2D eigenvalue weighted by atomic mass is 10.3. The summed E-state index contributed by atoms with van der Waals surface area (Å²) < 4.78 is 35.6. The Hall–Kier alpha value is -1.57. The maximum atomic E-state index is 11.9. The van der Waals surface area contributed by atoms with Gasteiger partial charge in [0.1, 0.15) is 0 Å². The second-order valence-electron chi connectivity index (χ2n) is 3.07. The van der Waals surface area contributed by atoms with Gasteiger partial charge in [0.05, 0.1) is 16.4 Å². The molecule has 0 aliphatic rings. The maximum absolute atomic E-state index is 11.9. The number of aromatic nitrogens is 1. The number of anilines is 1. The molecule has 1 N–H and O–H groups in total. The topological polar surface area (TPSA) is 68.1 Å². The summed E-state index contributed by atoms with van der Waals surface area (Å²) in [7, 11) is 0. The van der Waals surface area contributed by atoms with E-state index in [1.807, 2.05) is 0 Å². The molecular weight excluding hydrogens is 263 g/mol. The third-order valence-electron chi connectivity index (χ3n) is 1.73. The van der Waals surface area contributed by atoms with Crippen LogP contribution in [0.2, 0.25) is 5.02 Å². The van der Waals surface area contributed by atoms with Gasteiger partial charge in [-0.2, -0.15) is 13.2 Å². The normalized spacial score (nSPS) is 11.3. The molecule has 1 heterocycles. The van der Waals surface area contributed by atoms with Gasteiger partial charge in [0.15, 0.2) is 0 Å². The van der Waals surface area contributed by atoms with Crippen LogP contribution < -0.4 is 5.32 Å². The predicted octanol–water partition coefficient (Wildman–Crippen LogP) is 3.01. The van der Waals surface area contributed by atoms with Crippen molar-refractivity contribution in [1.29, 1.82) is 0 Å². The van der Waals surface area contributed by atoms with Crippen molar-refractivity contribution in [3.05, 3.63) is 27.4 Å². The number of hydrogen-bond donors (Lipinski definition) is 1. The molecule has 0 aromatic carbocycles. The highest BCUT2D eigenvalue weighted by molar-refractivity contribution is 6.30. The number of halogens is 4. The van der Waals surface area contributed by atoms with Gasteiger partial charge in [0.25, 0.3) is 0 Å². The van der Waals surface area contributed by atoms with Gasteiger partial charge in [-0.1, -0.05) is 11.6 Å². The highest BCUT2D eigenvalue weighted by Gasteiger charge is 2.27. The Labute approximate surface area is 98.7 Å². The summed E-state index contributed by atoms with van der Waals surface area (Å²) in [6.45, 7) is -0.487. The van der Waals surface area contributed by atoms with Gasteiger partial charge in [-0.3, -0.25) is 10.1 Å². The Morgan fingerprint density at radius 3 is 2.71 bits per heavy atom. The van der Waals surface area contributed by atoms with E-state index in [9.17, 15) is 23.3 Å². The van der Waals surface area contributed by atoms with E-state index in [0.29, 0.717) is 0 Å². The van der Waals surface area contributed by atoms with E-state index < -0.39 is 29.8 Å². The largest absolute Gasteiger partial charge is 0.390 e. The SMILES string of the molecule is O=[N+]([O-])c1cc(Cl)cnc1NCCC(F)(F)F. The second-order valence-corrected chi connectivity index (χ2v) is 3.51. The van der Waals surface area contributed by atoms with E-state index in [1.165, 1.54) is 0 Å². The third-order valence-corrected chi connectivity index (χ3v) is 1.94. The lowest BCUT2D eigenvalue weighted by Crippen LogP contribution is -2.15. The van der Waals surface area contributed by atoms with Crippen LogP contribution in [-0.2, 0) is 0 Å². The molecule has 1 aromatic heterocycles. The van der Waals surface area contributed by atoms with Gasteiger partial charge >= 0.3 is 11.9 Å². The Morgan fingerprint density at radius 2 is 2.18 bits per heavy atom. The minimum atomic E-state index is -4.33. The summed E-state index contributed by atoms with van der Waals surface area (Å²) in [6.07, 6.45) is -4.31. The molecule has 0 atom stereocenters. The van der Waals surface area contributed by atoms with E-state index >= 15 is 0 Å². The molecular formula is C8H7ClF3N3O2. The van der Waals surface area contributed by atoms with Gasteiger partial charge in [0, 0.05) is 18.8 Å². The fourth-order valence-electron chi connectivity index (χ4n) is 1.03. The maximum Gasteiger partial charge on any atom is 0.390 e. The van der Waals surface area contributed by atoms with Crippen LogP contribution in [0.4, 0.5) is 24.7 Å². The first-order valence-electron chi connectivity index (χ1n) is 4.40. The number of hydrogen-bond acceptors (Lipinski definition) is 4. The van der Waals surface area contributed by atoms with E-state index in [2.05, 4.69) is 10.3 Å². The zero-order chi connectivity index (χ0) is 13.1. The number of nitrogens with zero attached hydrogens (tertiary/aromatic N) is 2. The van der Waals surface area contributed by atoms with Gasteiger partial charge in [-0.05, 0) is 0 Å². The molecule has 1 rings (SSSR count). The van der Waals surface area contributed by atoms with Crippen LogP contribution in [0.5, 0.6) is 0 Å². The standard InChI is InChI=1S/C8H7ClF3N3O2/c9-5-3-6(15(16)17)7(14-4-5)13-2-1-8(10,11)12/h3-4H,1-2H2,(H,13,14). The number of alkyl halides is 3. The molecule has 0 amide bonds. The van der Waals surface area contributed by atoms with Crippen LogP contribution in [0.1, 0.15) is 6.42 Å². The molecule has 0 aliphatic heterocycles. The van der Waals surface area contributed by atoms with Crippen molar-refractivity contribution < 1.29 is 18.1 Å². The first-order valence-corrected chi connectivity index (χ1v) is 4.78. The smallest absolute Gasteiger partial charge is 0.364 e. The third kappa shape index (κ3) is 4.43. The van der Waals surface area contributed by atoms with Gasteiger partial charge in [-0.15, -0.1) is 0 Å². The monoisotopic (exact) mass is 269 g/mol. The zero-order valence-electron chi connectivity index (χ0n) is 8.29. The molecule has 5 nitrogen and oxygen atoms in total. The summed E-state index contributed by atoms with van der Waals surface area (Å²) in [5, 5.41) is 12.9. The first-order chi connectivity index (χ1) is 7.79. The van der Waals surface area contributed by atoms with Crippen molar-refractivity contribution in [2.24, 2.45) is 0 Å². The molecule has 0 saturated carbocycles. The quantitative estimate of drug-likeness (QED) is 0.674. The number of nitro groups is 1. The summed E-state index contributed by atoms with van der Waals surface area (Å²) in [6, 6.07) is 1.02. The molecule has 0 saturated heterocycles. The van der Waals surface area contributed by atoms with Crippen molar-refractivity contribution in [1.82, 2.24) is 4.98 Å². The minimum Gasteiger partial charge on any atom is -0.364 e. The Morgan fingerprint density at radius 1 is 1.53 bits per heavy atom. The molecule has 9 heteroatoms. The van der Waals surface area contributed by atoms with Crippen LogP contribution in [-0.4, -0.2) is 22.6 Å². The average Bonchev–Trinajstić information content (AvgIpc) is 2.18. The molecule has 94 valence electrons. The second kappa shape index (κ2) is 5.17. The summed E-state index contributed by atoms with van der Waals surface area (Å²) >= 11 is 5.49. The first kappa shape index (κ1) is 13.5.